The third-order valence-electron chi connectivity index (χ3n) is 7.23. The highest BCUT2D eigenvalue weighted by atomic mass is 32.1. The molecule has 10 nitrogen and oxygen atoms in total. The Kier molecular flexibility index (Phi) is 11.6. The largest absolute Gasteiger partial charge is 0.507 e. The van der Waals surface area contributed by atoms with Gasteiger partial charge in [0.05, 0.1) is 0 Å². The summed E-state index contributed by atoms with van der Waals surface area (Å²) in [6.07, 6.45) is -0.0554. The van der Waals surface area contributed by atoms with Crippen LogP contribution in [0.2, 0.25) is 0 Å². The van der Waals surface area contributed by atoms with E-state index in [0.717, 1.165) is 5.56 Å². The van der Waals surface area contributed by atoms with E-state index in [1.807, 2.05) is 37.3 Å². The van der Waals surface area contributed by atoms with Gasteiger partial charge in [-0.3, -0.25) is 9.59 Å². The molecule has 0 radical (unpaired) electrons. The van der Waals surface area contributed by atoms with Gasteiger partial charge in [-0.05, 0) is 71.9 Å². The van der Waals surface area contributed by atoms with Crippen molar-refractivity contribution >= 4 is 36.5 Å². The smallest absolute Gasteiger partial charge is 0.408 e. The maximum absolute atomic E-state index is 14.4. The Morgan fingerprint density at radius 1 is 0.933 bits per heavy atom. The summed E-state index contributed by atoms with van der Waals surface area (Å²) < 4.78 is 11.0. The fourth-order valence-corrected chi connectivity index (χ4v) is 5.22. The minimum Gasteiger partial charge on any atom is -0.507 e. The Morgan fingerprint density at radius 3 is 2.07 bits per heavy atom. The molecule has 1 aliphatic carbocycles. The maximum atomic E-state index is 14.4. The number of alkyl carbamates (subject to hydrolysis) is 1. The molecule has 11 heteroatoms. The normalized spacial score (nSPS) is 18.2. The van der Waals surface area contributed by atoms with Crippen LogP contribution in [-0.2, 0) is 30.3 Å². The molecule has 246 valence electrons. The standard InChI is InChI=1S/C34H47N3O7S/c1-20-13-12-16-23(28(20)38)27(29(39)35-24(31(41)43-33(3,4)5)18-22-14-10-9-11-15-22)37(26-17-21(26)2)30(40)25(19-45)36-32(42)44-34(6,7)8/h9-16,21,24-27,38,45H,17-19H2,1-8H3,(H,35,39)(H,36,42). The number of carbonyl (C=O) groups is 4. The number of hydrogen-bond acceptors (Lipinski definition) is 8. The Labute approximate surface area is 271 Å². The number of aryl methyl sites for hydroxylation is 1. The molecule has 5 unspecified atom stereocenters. The molecule has 0 aromatic heterocycles. The van der Waals surface area contributed by atoms with Gasteiger partial charge in [0.25, 0.3) is 0 Å². The van der Waals surface area contributed by atoms with E-state index in [4.69, 9.17) is 9.47 Å². The molecule has 3 N–H and O–H groups in total. The summed E-state index contributed by atoms with van der Waals surface area (Å²) in [7, 11) is 0. The number of carbonyl (C=O) groups excluding carboxylic acids is 4. The molecule has 0 spiro atoms. The maximum Gasteiger partial charge on any atom is 0.408 e. The first-order valence-electron chi connectivity index (χ1n) is 15.2. The second kappa shape index (κ2) is 14.6. The molecule has 0 bridgehead atoms. The summed E-state index contributed by atoms with van der Waals surface area (Å²) in [6.45, 7) is 14.0. The Bertz CT molecular complexity index is 1370. The summed E-state index contributed by atoms with van der Waals surface area (Å²) in [4.78, 5) is 56.2. The van der Waals surface area contributed by atoms with Gasteiger partial charge >= 0.3 is 12.1 Å². The number of para-hydroxylation sites is 1. The molecule has 0 heterocycles. The van der Waals surface area contributed by atoms with Crippen LogP contribution in [0.1, 0.15) is 77.6 Å². The Balaban J connectivity index is 2.07. The van der Waals surface area contributed by atoms with Crippen LogP contribution in [0.5, 0.6) is 5.75 Å². The van der Waals surface area contributed by atoms with Crippen LogP contribution in [0.15, 0.2) is 48.5 Å². The average molecular weight is 642 g/mol. The van der Waals surface area contributed by atoms with Crippen molar-refractivity contribution in [3.63, 3.8) is 0 Å². The van der Waals surface area contributed by atoms with Crippen molar-refractivity contribution in [2.45, 2.75) is 104 Å². The highest BCUT2D eigenvalue weighted by Gasteiger charge is 2.49. The van der Waals surface area contributed by atoms with Crippen LogP contribution in [0, 0.1) is 12.8 Å². The predicted molar refractivity (Wildman–Crippen MR) is 175 cm³/mol. The minimum atomic E-state index is -1.34. The first-order valence-corrected chi connectivity index (χ1v) is 15.8. The molecular weight excluding hydrogens is 594 g/mol. The number of ether oxygens (including phenoxy) is 2. The molecule has 1 saturated carbocycles. The summed E-state index contributed by atoms with van der Waals surface area (Å²) in [6, 6.07) is 10.2. The zero-order valence-electron chi connectivity index (χ0n) is 27.4. The number of phenolic OH excluding ortho intramolecular Hbond substituents is 1. The van der Waals surface area contributed by atoms with Crippen molar-refractivity contribution in [1.29, 1.82) is 0 Å². The molecule has 0 aliphatic heterocycles. The lowest BCUT2D eigenvalue weighted by Gasteiger charge is -2.36. The van der Waals surface area contributed by atoms with E-state index in [2.05, 4.69) is 23.3 Å². The van der Waals surface area contributed by atoms with E-state index in [-0.39, 0.29) is 35.4 Å². The number of aromatic hydroxyl groups is 1. The monoisotopic (exact) mass is 641 g/mol. The number of amides is 3. The van der Waals surface area contributed by atoms with Gasteiger partial charge in [-0.25, -0.2) is 9.59 Å². The topological polar surface area (TPSA) is 134 Å². The molecule has 45 heavy (non-hydrogen) atoms. The van der Waals surface area contributed by atoms with Crippen molar-refractivity contribution in [3.05, 3.63) is 65.2 Å². The molecule has 2 aromatic carbocycles. The molecule has 2 aromatic rings. The fraction of sp³-hybridized carbons (Fsp3) is 0.529. The van der Waals surface area contributed by atoms with Gasteiger partial charge in [-0.2, -0.15) is 12.6 Å². The molecule has 0 saturated heterocycles. The van der Waals surface area contributed by atoms with Crippen molar-refractivity contribution in [3.8, 4) is 5.75 Å². The van der Waals surface area contributed by atoms with Crippen LogP contribution in [0.25, 0.3) is 0 Å². The van der Waals surface area contributed by atoms with Crippen molar-refractivity contribution < 1.29 is 33.8 Å². The first kappa shape index (κ1) is 35.7. The molecule has 1 aliphatic rings. The second-order valence-corrected chi connectivity index (χ2v) is 14.0. The van der Waals surface area contributed by atoms with Crippen LogP contribution in [0.3, 0.4) is 0 Å². The first-order chi connectivity index (χ1) is 20.9. The van der Waals surface area contributed by atoms with Gasteiger partial charge in [0.1, 0.15) is 35.1 Å². The Morgan fingerprint density at radius 2 is 1.53 bits per heavy atom. The van der Waals surface area contributed by atoms with E-state index >= 15 is 0 Å². The SMILES string of the molecule is Cc1cccc(C(C(=O)NC(Cc2ccccc2)C(=O)OC(C)(C)C)N(C(=O)C(CS)NC(=O)OC(C)(C)C)C2CC2C)c1O. The molecular formula is C34H47N3O7S. The van der Waals surface area contributed by atoms with E-state index in [1.54, 1.807) is 66.7 Å². The van der Waals surface area contributed by atoms with Crippen molar-refractivity contribution in [1.82, 2.24) is 15.5 Å². The number of nitrogens with zero attached hydrogens (tertiary/aromatic N) is 1. The van der Waals surface area contributed by atoms with E-state index < -0.39 is 53.2 Å². The lowest BCUT2D eigenvalue weighted by molar-refractivity contribution is -0.159. The van der Waals surface area contributed by atoms with Crippen LogP contribution in [0.4, 0.5) is 4.79 Å². The van der Waals surface area contributed by atoms with Crippen molar-refractivity contribution in [2.24, 2.45) is 5.92 Å². The van der Waals surface area contributed by atoms with E-state index in [0.29, 0.717) is 12.0 Å². The number of benzene rings is 2. The zero-order valence-corrected chi connectivity index (χ0v) is 28.3. The second-order valence-electron chi connectivity index (χ2n) is 13.6. The van der Waals surface area contributed by atoms with Gasteiger partial charge in [0.2, 0.25) is 11.8 Å². The van der Waals surface area contributed by atoms with Crippen LogP contribution >= 0.6 is 12.6 Å². The number of thiol groups is 1. The molecule has 5 atom stereocenters. The Hall–Kier alpha value is -3.73. The van der Waals surface area contributed by atoms with Gasteiger partial charge < -0.3 is 30.1 Å². The number of nitrogens with one attached hydrogen (secondary N) is 2. The number of hydrogen-bond donors (Lipinski definition) is 4. The summed E-state index contributed by atoms with van der Waals surface area (Å²) >= 11 is 4.34. The third kappa shape index (κ3) is 10.1. The lowest BCUT2D eigenvalue weighted by Crippen LogP contribution is -2.56. The zero-order chi connectivity index (χ0) is 33.7. The van der Waals surface area contributed by atoms with Crippen molar-refractivity contribution in [2.75, 3.05) is 5.75 Å². The highest BCUT2D eigenvalue weighted by Crippen LogP contribution is 2.43. The average Bonchev–Trinajstić information content (AvgIpc) is 3.65. The minimum absolute atomic E-state index is 0.0456. The number of phenols is 1. The lowest BCUT2D eigenvalue weighted by atomic mass is 9.98. The number of esters is 1. The quantitative estimate of drug-likeness (QED) is 0.203. The van der Waals surface area contributed by atoms with Gasteiger partial charge in [0, 0.05) is 23.8 Å². The third-order valence-corrected chi connectivity index (χ3v) is 7.60. The predicted octanol–water partition coefficient (Wildman–Crippen LogP) is 4.87. The molecule has 3 rings (SSSR count). The molecule has 1 fully saturated rings. The summed E-state index contributed by atoms with van der Waals surface area (Å²) in [5.41, 5.74) is -0.123. The van der Waals surface area contributed by atoms with Gasteiger partial charge in [-0.1, -0.05) is 55.5 Å². The fourth-order valence-electron chi connectivity index (χ4n) is 4.97. The summed E-state index contributed by atoms with van der Waals surface area (Å²) in [5, 5.41) is 16.6. The van der Waals surface area contributed by atoms with Crippen LogP contribution in [-0.4, -0.2) is 69.0 Å². The van der Waals surface area contributed by atoms with Gasteiger partial charge in [-0.15, -0.1) is 0 Å². The van der Waals surface area contributed by atoms with Gasteiger partial charge in [0.15, 0.2) is 0 Å². The number of rotatable bonds is 11. The van der Waals surface area contributed by atoms with E-state index in [9.17, 15) is 24.3 Å². The summed E-state index contributed by atoms with van der Waals surface area (Å²) in [5.74, 6) is -2.05. The molecule has 3 amide bonds. The van der Waals surface area contributed by atoms with E-state index in [1.165, 1.54) is 4.90 Å². The highest BCUT2D eigenvalue weighted by molar-refractivity contribution is 7.80. The van der Waals surface area contributed by atoms with Crippen LogP contribution < -0.4 is 10.6 Å².